The van der Waals surface area contributed by atoms with E-state index < -0.39 is 11.6 Å². The molecule has 0 saturated heterocycles. The van der Waals surface area contributed by atoms with E-state index in [0.29, 0.717) is 29.6 Å². The van der Waals surface area contributed by atoms with Crippen LogP contribution in [0.3, 0.4) is 0 Å². The molecule has 0 saturated carbocycles. The Morgan fingerprint density at radius 3 is 2.63 bits per heavy atom. The molecule has 8 nitrogen and oxygen atoms in total. The summed E-state index contributed by atoms with van der Waals surface area (Å²) in [6.45, 7) is 10.0. The number of anilines is 1. The number of carbonyl (C=O) groups excluding carboxylic acids is 1. The average molecular weight is 533 g/mol. The van der Waals surface area contributed by atoms with Crippen LogP contribution in [0.1, 0.15) is 48.1 Å². The number of nitrogens with zero attached hydrogens (tertiary/aromatic N) is 2. The molecular weight excluding hydrogens is 500 g/mol. The molecule has 1 atom stereocenters. The molecular formula is C29H32N4O4S. The smallest absolute Gasteiger partial charge is 0.344 e. The molecule has 38 heavy (non-hydrogen) atoms. The number of hydrogen-bond donors (Lipinski definition) is 2. The number of esters is 1. The van der Waals surface area contributed by atoms with Gasteiger partial charge in [0.15, 0.2) is 11.7 Å². The lowest BCUT2D eigenvalue weighted by Crippen LogP contribution is -2.38. The third-order valence-electron chi connectivity index (χ3n) is 6.24. The van der Waals surface area contributed by atoms with E-state index in [1.807, 2.05) is 45.0 Å². The van der Waals surface area contributed by atoms with Gasteiger partial charge in [-0.25, -0.2) is 4.79 Å². The Morgan fingerprint density at radius 1 is 1.18 bits per heavy atom. The summed E-state index contributed by atoms with van der Waals surface area (Å²) in [5.41, 5.74) is 9.04. The minimum Gasteiger partial charge on any atom is -0.482 e. The molecule has 2 heterocycles. The quantitative estimate of drug-likeness (QED) is 0.239. The molecule has 1 aromatic heterocycles. The first kappa shape index (κ1) is 27.1. The lowest BCUT2D eigenvalue weighted by atomic mass is 9.86. The largest absolute Gasteiger partial charge is 0.482 e. The number of hydrazone groups is 1. The zero-order valence-corrected chi connectivity index (χ0v) is 23.1. The van der Waals surface area contributed by atoms with Crippen molar-refractivity contribution in [1.29, 1.82) is 0 Å². The van der Waals surface area contributed by atoms with E-state index >= 15 is 0 Å². The van der Waals surface area contributed by atoms with Gasteiger partial charge < -0.3 is 19.5 Å². The summed E-state index contributed by atoms with van der Waals surface area (Å²) in [7, 11) is 0. The highest BCUT2D eigenvalue weighted by Gasteiger charge is 2.37. The van der Waals surface area contributed by atoms with Crippen LogP contribution in [0.2, 0.25) is 0 Å². The lowest BCUT2D eigenvalue weighted by Gasteiger charge is -2.36. The fourth-order valence-corrected chi connectivity index (χ4v) is 4.67. The van der Waals surface area contributed by atoms with E-state index in [4.69, 9.17) is 31.5 Å². The van der Waals surface area contributed by atoms with Gasteiger partial charge in [0.2, 0.25) is 0 Å². The van der Waals surface area contributed by atoms with Gasteiger partial charge in [-0.1, -0.05) is 23.8 Å². The number of aryl methyl sites for hydroxylation is 3. The Labute approximate surface area is 228 Å². The highest BCUT2D eigenvalue weighted by molar-refractivity contribution is 7.80. The summed E-state index contributed by atoms with van der Waals surface area (Å²) in [5, 5.41) is 8.35. The second kappa shape index (κ2) is 11.6. The van der Waals surface area contributed by atoms with Crippen LogP contribution in [-0.4, -0.2) is 35.0 Å². The van der Waals surface area contributed by atoms with Gasteiger partial charge in [0.25, 0.3) is 0 Å². The zero-order valence-electron chi connectivity index (χ0n) is 22.3. The fourth-order valence-electron chi connectivity index (χ4n) is 4.53. The molecule has 0 unspecified atom stereocenters. The molecule has 0 spiro atoms. The molecule has 2 N–H and O–H groups in total. The third kappa shape index (κ3) is 6.28. The number of thiocarbonyl (C=S) groups is 1. The second-order valence-corrected chi connectivity index (χ2v) is 9.81. The van der Waals surface area contributed by atoms with Crippen molar-refractivity contribution in [2.45, 2.75) is 46.6 Å². The number of benzene rings is 2. The zero-order chi connectivity index (χ0) is 27.3. The summed E-state index contributed by atoms with van der Waals surface area (Å²) >= 11 is 5.58. The van der Waals surface area contributed by atoms with Gasteiger partial charge in [-0.3, -0.25) is 10.4 Å². The van der Waals surface area contributed by atoms with Crippen LogP contribution in [0.4, 0.5) is 5.69 Å². The van der Waals surface area contributed by atoms with Crippen molar-refractivity contribution in [2.75, 3.05) is 18.5 Å². The third-order valence-corrected chi connectivity index (χ3v) is 6.44. The molecule has 198 valence electrons. The Balaban J connectivity index is 1.62. The predicted molar refractivity (Wildman–Crippen MR) is 152 cm³/mol. The lowest BCUT2D eigenvalue weighted by molar-refractivity contribution is -0.145. The first-order valence-electron chi connectivity index (χ1n) is 12.4. The van der Waals surface area contributed by atoms with Crippen molar-refractivity contribution in [3.05, 3.63) is 82.7 Å². The van der Waals surface area contributed by atoms with Gasteiger partial charge >= 0.3 is 5.97 Å². The van der Waals surface area contributed by atoms with Crippen LogP contribution in [0.15, 0.2) is 60.0 Å². The maximum absolute atomic E-state index is 11.8. The number of hydrogen-bond acceptors (Lipinski definition) is 7. The second-order valence-electron chi connectivity index (χ2n) is 9.40. The van der Waals surface area contributed by atoms with E-state index in [-0.39, 0.29) is 6.61 Å². The molecule has 9 heteroatoms. The molecule has 0 fully saturated rings. The van der Waals surface area contributed by atoms with Crippen LogP contribution in [0.25, 0.3) is 0 Å². The van der Waals surface area contributed by atoms with Crippen LogP contribution >= 0.6 is 12.2 Å². The van der Waals surface area contributed by atoms with E-state index in [1.165, 1.54) is 5.56 Å². The van der Waals surface area contributed by atoms with Gasteiger partial charge in [0.05, 0.1) is 12.3 Å². The molecule has 0 radical (unpaired) electrons. The molecule has 2 aromatic carbocycles. The van der Waals surface area contributed by atoms with E-state index in [0.717, 1.165) is 33.7 Å². The number of carbonyl (C=O) groups is 1. The van der Waals surface area contributed by atoms with Crippen molar-refractivity contribution >= 4 is 34.7 Å². The normalized spacial score (nSPS) is 17.2. The van der Waals surface area contributed by atoms with Crippen LogP contribution in [0.5, 0.6) is 11.5 Å². The highest BCUT2D eigenvalue weighted by atomic mass is 32.1. The minimum absolute atomic E-state index is 0.186. The molecule has 0 aliphatic carbocycles. The monoisotopic (exact) mass is 532 g/mol. The molecule has 4 rings (SSSR count). The van der Waals surface area contributed by atoms with Gasteiger partial charge in [-0.2, -0.15) is 5.10 Å². The number of ether oxygens (including phenoxy) is 3. The van der Waals surface area contributed by atoms with Crippen molar-refractivity contribution in [3.8, 4) is 11.5 Å². The molecule has 0 amide bonds. The van der Waals surface area contributed by atoms with Gasteiger partial charge in [-0.15, -0.1) is 0 Å². The molecule has 0 bridgehead atoms. The molecule has 1 aliphatic heterocycles. The highest BCUT2D eigenvalue weighted by Crippen LogP contribution is 2.40. The average Bonchev–Trinajstić information content (AvgIpc) is 2.89. The standard InChI is InChI=1S/C29H32N4O4S/c1-6-35-26(34)17-36-22-9-10-25-23(14-22)24(15-29(5,37-25)21-8-7-11-30-16-21)32-33-28(38)31-27-19(3)12-18(2)13-20(27)4/h7-14,16H,6,15,17H2,1-5H3,(H2,31,33,38)/b32-24-/t29-/m1/s1. The number of aromatic nitrogens is 1. The Kier molecular flexibility index (Phi) is 8.26. The first-order chi connectivity index (χ1) is 18.2. The van der Waals surface area contributed by atoms with Gasteiger partial charge in [-0.05, 0) is 82.2 Å². The van der Waals surface area contributed by atoms with E-state index in [9.17, 15) is 4.79 Å². The predicted octanol–water partition coefficient (Wildman–Crippen LogP) is 5.34. The number of rotatable bonds is 7. The van der Waals surface area contributed by atoms with Gasteiger partial charge in [0, 0.05) is 35.6 Å². The summed E-state index contributed by atoms with van der Waals surface area (Å²) in [4.78, 5) is 16.0. The SMILES string of the molecule is CCOC(=O)COc1ccc2c(c1)/C(=N\NC(=S)Nc1c(C)cc(C)cc1C)C[C@](C)(c1cccnc1)O2. The fraction of sp³-hybridized carbons (Fsp3) is 0.310. The number of pyridine rings is 1. The summed E-state index contributed by atoms with van der Waals surface area (Å²) < 4.78 is 17.1. The Morgan fingerprint density at radius 2 is 1.95 bits per heavy atom. The van der Waals surface area contributed by atoms with Crippen molar-refractivity contribution in [1.82, 2.24) is 10.4 Å². The maximum atomic E-state index is 11.8. The Hall–Kier alpha value is -3.98. The van der Waals surface area contributed by atoms with Crippen molar-refractivity contribution < 1.29 is 19.0 Å². The minimum atomic E-state index is -0.700. The first-order valence-corrected chi connectivity index (χ1v) is 12.8. The van der Waals surface area contributed by atoms with Crippen molar-refractivity contribution in [3.63, 3.8) is 0 Å². The topological polar surface area (TPSA) is 94.1 Å². The Bertz CT molecular complexity index is 1350. The summed E-state index contributed by atoms with van der Waals surface area (Å²) in [5.74, 6) is 0.708. The molecule has 1 aliphatic rings. The van der Waals surface area contributed by atoms with Crippen LogP contribution < -0.4 is 20.2 Å². The maximum Gasteiger partial charge on any atom is 0.344 e. The van der Waals surface area contributed by atoms with Crippen LogP contribution in [-0.2, 0) is 15.1 Å². The molecule has 3 aromatic rings. The van der Waals surface area contributed by atoms with Crippen molar-refractivity contribution in [2.24, 2.45) is 5.10 Å². The summed E-state index contributed by atoms with van der Waals surface area (Å²) in [6, 6.07) is 13.5. The number of nitrogens with one attached hydrogen (secondary N) is 2. The van der Waals surface area contributed by atoms with Crippen LogP contribution in [0, 0.1) is 20.8 Å². The van der Waals surface area contributed by atoms with Gasteiger partial charge in [0.1, 0.15) is 17.1 Å². The van der Waals surface area contributed by atoms with E-state index in [1.54, 1.807) is 25.4 Å². The number of fused-ring (bicyclic) bond motifs is 1. The van der Waals surface area contributed by atoms with E-state index in [2.05, 4.69) is 34.8 Å². The summed E-state index contributed by atoms with van der Waals surface area (Å²) in [6.07, 6.45) is 3.97.